The van der Waals surface area contributed by atoms with Crippen LogP contribution >= 0.6 is 23.1 Å². The molecule has 3 rings (SSSR count). The molecule has 1 unspecified atom stereocenters. The summed E-state index contributed by atoms with van der Waals surface area (Å²) in [6, 6.07) is 2.11. The molecule has 1 aliphatic heterocycles. The van der Waals surface area contributed by atoms with E-state index >= 15 is 0 Å². The van der Waals surface area contributed by atoms with Gasteiger partial charge in [0.1, 0.15) is 6.17 Å². The fraction of sp³-hybridized carbons (Fsp3) is 0.615. The molecule has 2 fully saturated rings. The Hall–Kier alpha value is -0.520. The summed E-state index contributed by atoms with van der Waals surface area (Å²) in [5.41, 5.74) is 1.22. The van der Waals surface area contributed by atoms with Crippen LogP contribution in [0.25, 0.3) is 0 Å². The number of carbonyl (C=O) groups excluding carboxylic acids is 1. The molecule has 1 amide bonds. The van der Waals surface area contributed by atoms with Gasteiger partial charge in [-0.2, -0.15) is 23.1 Å². The number of thiophene rings is 1. The van der Waals surface area contributed by atoms with Gasteiger partial charge < -0.3 is 4.90 Å². The third-order valence-electron chi connectivity index (χ3n) is 4.09. The van der Waals surface area contributed by atoms with Gasteiger partial charge in [0, 0.05) is 11.3 Å². The molecule has 18 heavy (non-hydrogen) atoms. The third kappa shape index (κ3) is 2.08. The molecule has 5 heteroatoms. The van der Waals surface area contributed by atoms with Crippen molar-refractivity contribution in [1.82, 2.24) is 10.2 Å². The van der Waals surface area contributed by atoms with E-state index in [9.17, 15) is 4.79 Å². The lowest BCUT2D eigenvalue weighted by Gasteiger charge is -2.44. The Bertz CT molecular complexity index is 423. The van der Waals surface area contributed by atoms with Crippen molar-refractivity contribution in [2.75, 3.05) is 19.3 Å². The second-order valence-electron chi connectivity index (χ2n) is 5.10. The molecule has 2 aliphatic rings. The van der Waals surface area contributed by atoms with Crippen LogP contribution in [0.1, 0.15) is 31.0 Å². The minimum absolute atomic E-state index is 0.0911. The number of thioether (sulfide) groups is 1. The first-order valence-corrected chi connectivity index (χ1v) is 8.51. The second-order valence-corrected chi connectivity index (χ2v) is 7.16. The Balaban J connectivity index is 1.77. The van der Waals surface area contributed by atoms with E-state index in [1.165, 1.54) is 24.8 Å². The lowest BCUT2D eigenvalue weighted by molar-refractivity contribution is -0.128. The minimum atomic E-state index is 0.0911. The topological polar surface area (TPSA) is 32.3 Å². The highest BCUT2D eigenvalue weighted by Crippen LogP contribution is 2.44. The first kappa shape index (κ1) is 12.5. The number of nitrogens with one attached hydrogen (secondary N) is 1. The highest BCUT2D eigenvalue weighted by molar-refractivity contribution is 8.00. The summed E-state index contributed by atoms with van der Waals surface area (Å²) in [6.45, 7) is 1.37. The molecule has 0 radical (unpaired) electrons. The van der Waals surface area contributed by atoms with Crippen molar-refractivity contribution >= 4 is 29.0 Å². The molecule has 3 nitrogen and oxygen atoms in total. The van der Waals surface area contributed by atoms with Crippen molar-refractivity contribution < 1.29 is 4.79 Å². The van der Waals surface area contributed by atoms with Crippen LogP contribution in [0, 0.1) is 0 Å². The van der Waals surface area contributed by atoms with E-state index in [2.05, 4.69) is 28.4 Å². The quantitative estimate of drug-likeness (QED) is 0.921. The van der Waals surface area contributed by atoms with Gasteiger partial charge in [-0.05, 0) is 41.5 Å². The average Bonchev–Trinajstić information content (AvgIpc) is 2.94. The molecule has 0 spiro atoms. The Labute approximate surface area is 116 Å². The van der Waals surface area contributed by atoms with Crippen LogP contribution in [0.3, 0.4) is 0 Å². The molecule has 0 aromatic carbocycles. The molecular formula is C13H18N2OS2. The molecule has 2 heterocycles. The van der Waals surface area contributed by atoms with Gasteiger partial charge in [-0.15, -0.1) is 0 Å². The molecule has 1 N–H and O–H groups in total. The van der Waals surface area contributed by atoms with E-state index in [0.29, 0.717) is 11.3 Å². The standard InChI is InChI=1S/C13H18N2OS2/c1-17-13(4-2-5-13)9-15-11(16)7-14-12(15)10-3-6-18-8-10/h3,6,8,12,14H,2,4-5,7,9H2,1H3. The van der Waals surface area contributed by atoms with Crippen molar-refractivity contribution in [3.63, 3.8) is 0 Å². The Morgan fingerprint density at radius 3 is 3.00 bits per heavy atom. The van der Waals surface area contributed by atoms with E-state index in [-0.39, 0.29) is 12.1 Å². The first-order valence-electron chi connectivity index (χ1n) is 6.34. The SMILES string of the molecule is CSC1(CN2C(=O)CNC2c2ccsc2)CCC1. The molecule has 1 aromatic heterocycles. The predicted octanol–water partition coefficient (Wildman–Crippen LogP) is 2.46. The highest BCUT2D eigenvalue weighted by Gasteiger charge is 2.42. The number of amides is 1. The largest absolute Gasteiger partial charge is 0.320 e. The summed E-state index contributed by atoms with van der Waals surface area (Å²) in [7, 11) is 0. The van der Waals surface area contributed by atoms with Crippen molar-refractivity contribution in [3.05, 3.63) is 22.4 Å². The Morgan fingerprint density at radius 1 is 1.61 bits per heavy atom. The molecule has 1 atom stereocenters. The van der Waals surface area contributed by atoms with Crippen molar-refractivity contribution in [2.45, 2.75) is 30.2 Å². The fourth-order valence-electron chi connectivity index (χ4n) is 2.76. The number of rotatable bonds is 4. The van der Waals surface area contributed by atoms with Crippen molar-refractivity contribution in [1.29, 1.82) is 0 Å². The third-order valence-corrected chi connectivity index (χ3v) is 6.20. The number of hydrogen-bond acceptors (Lipinski definition) is 4. The molecule has 1 saturated heterocycles. The molecular weight excluding hydrogens is 264 g/mol. The van der Waals surface area contributed by atoms with E-state index in [4.69, 9.17) is 0 Å². The van der Waals surface area contributed by atoms with E-state index < -0.39 is 0 Å². The van der Waals surface area contributed by atoms with Crippen LogP contribution in [0.15, 0.2) is 16.8 Å². The summed E-state index contributed by atoms with van der Waals surface area (Å²) >= 11 is 3.62. The van der Waals surface area contributed by atoms with Gasteiger partial charge in [0.25, 0.3) is 0 Å². The van der Waals surface area contributed by atoms with Crippen LogP contribution in [0.4, 0.5) is 0 Å². The van der Waals surface area contributed by atoms with Gasteiger partial charge >= 0.3 is 0 Å². The zero-order valence-electron chi connectivity index (χ0n) is 10.5. The maximum Gasteiger partial charge on any atom is 0.238 e. The molecule has 0 bridgehead atoms. The number of hydrogen-bond donors (Lipinski definition) is 1. The molecule has 98 valence electrons. The molecule has 1 aliphatic carbocycles. The Morgan fingerprint density at radius 2 is 2.44 bits per heavy atom. The van der Waals surface area contributed by atoms with Gasteiger partial charge in [-0.25, -0.2) is 0 Å². The highest BCUT2D eigenvalue weighted by atomic mass is 32.2. The average molecular weight is 282 g/mol. The fourth-order valence-corrected chi connectivity index (χ4v) is 4.40. The van der Waals surface area contributed by atoms with Crippen LogP contribution in [0.2, 0.25) is 0 Å². The van der Waals surface area contributed by atoms with E-state index in [0.717, 1.165) is 6.54 Å². The minimum Gasteiger partial charge on any atom is -0.320 e. The van der Waals surface area contributed by atoms with Gasteiger partial charge in [-0.3, -0.25) is 10.1 Å². The maximum absolute atomic E-state index is 12.1. The number of carbonyl (C=O) groups is 1. The summed E-state index contributed by atoms with van der Waals surface area (Å²) in [6.07, 6.45) is 6.06. The predicted molar refractivity (Wildman–Crippen MR) is 76.9 cm³/mol. The first-order chi connectivity index (χ1) is 8.74. The van der Waals surface area contributed by atoms with Crippen LogP contribution < -0.4 is 5.32 Å². The monoisotopic (exact) mass is 282 g/mol. The van der Waals surface area contributed by atoms with Gasteiger partial charge in [0.2, 0.25) is 5.91 Å². The molecule has 1 saturated carbocycles. The van der Waals surface area contributed by atoms with Gasteiger partial charge in [-0.1, -0.05) is 6.42 Å². The second kappa shape index (κ2) is 4.87. The lowest BCUT2D eigenvalue weighted by atomic mass is 9.83. The van der Waals surface area contributed by atoms with Crippen molar-refractivity contribution in [3.8, 4) is 0 Å². The molecule has 1 aromatic rings. The summed E-state index contributed by atoms with van der Waals surface area (Å²) in [5, 5.41) is 7.54. The van der Waals surface area contributed by atoms with Crippen LogP contribution in [0.5, 0.6) is 0 Å². The zero-order valence-corrected chi connectivity index (χ0v) is 12.1. The van der Waals surface area contributed by atoms with E-state index in [1.807, 2.05) is 16.7 Å². The zero-order chi connectivity index (χ0) is 12.6. The summed E-state index contributed by atoms with van der Waals surface area (Å²) in [5.74, 6) is 0.242. The number of nitrogens with zero attached hydrogens (tertiary/aromatic N) is 1. The van der Waals surface area contributed by atoms with E-state index in [1.54, 1.807) is 11.3 Å². The van der Waals surface area contributed by atoms with Gasteiger partial charge in [0.05, 0.1) is 6.54 Å². The smallest absolute Gasteiger partial charge is 0.238 e. The Kier molecular flexibility index (Phi) is 3.38. The summed E-state index contributed by atoms with van der Waals surface area (Å²) < 4.78 is 0.315. The van der Waals surface area contributed by atoms with Crippen LogP contribution in [-0.2, 0) is 4.79 Å². The van der Waals surface area contributed by atoms with Crippen LogP contribution in [-0.4, -0.2) is 34.9 Å². The van der Waals surface area contributed by atoms with Crippen molar-refractivity contribution in [2.24, 2.45) is 0 Å². The lowest BCUT2D eigenvalue weighted by Crippen LogP contribution is -2.47. The summed E-state index contributed by atoms with van der Waals surface area (Å²) in [4.78, 5) is 14.1. The normalized spacial score (nSPS) is 26.4. The van der Waals surface area contributed by atoms with Gasteiger partial charge in [0.15, 0.2) is 0 Å². The maximum atomic E-state index is 12.1.